The van der Waals surface area contributed by atoms with Gasteiger partial charge in [-0.2, -0.15) is 0 Å². The standard InChI is InChI=1S/C9H6N4O/c10-5-1-6-8-7(3-11-4-13-8)14-9(6)12-2-5/h1-4H,10H2. The molecule has 0 amide bonds. The molecule has 3 aromatic heterocycles. The van der Waals surface area contributed by atoms with E-state index in [1.165, 1.54) is 6.33 Å². The quantitative estimate of drug-likeness (QED) is 0.573. The molecule has 0 spiro atoms. The first-order valence-corrected chi connectivity index (χ1v) is 4.08. The van der Waals surface area contributed by atoms with Crippen LogP contribution < -0.4 is 5.73 Å². The van der Waals surface area contributed by atoms with Crippen molar-refractivity contribution in [2.24, 2.45) is 0 Å². The molecule has 0 atom stereocenters. The van der Waals surface area contributed by atoms with Gasteiger partial charge in [-0.25, -0.2) is 15.0 Å². The second kappa shape index (κ2) is 2.41. The molecule has 0 aliphatic carbocycles. The van der Waals surface area contributed by atoms with Gasteiger partial charge in [-0.1, -0.05) is 0 Å². The van der Waals surface area contributed by atoms with Crippen molar-refractivity contribution in [2.75, 3.05) is 5.73 Å². The van der Waals surface area contributed by atoms with Gasteiger partial charge < -0.3 is 10.2 Å². The lowest BCUT2D eigenvalue weighted by atomic mass is 10.3. The third-order valence-electron chi connectivity index (χ3n) is 2.01. The highest BCUT2D eigenvalue weighted by Crippen LogP contribution is 2.25. The maximum absolute atomic E-state index is 5.63. The van der Waals surface area contributed by atoms with Crippen LogP contribution in [0.2, 0.25) is 0 Å². The van der Waals surface area contributed by atoms with Crippen molar-refractivity contribution in [3.8, 4) is 0 Å². The fourth-order valence-electron chi connectivity index (χ4n) is 1.42. The monoisotopic (exact) mass is 186 g/mol. The Labute approximate surface area is 78.6 Å². The Morgan fingerprint density at radius 3 is 3.07 bits per heavy atom. The lowest BCUT2D eigenvalue weighted by Crippen LogP contribution is -1.85. The SMILES string of the molecule is Nc1cnc2oc3cncnc3c2c1. The van der Waals surface area contributed by atoms with E-state index in [4.69, 9.17) is 10.2 Å². The fraction of sp³-hybridized carbons (Fsp3) is 0. The van der Waals surface area contributed by atoms with Crippen molar-refractivity contribution in [3.05, 3.63) is 24.8 Å². The number of anilines is 1. The molecule has 5 nitrogen and oxygen atoms in total. The van der Waals surface area contributed by atoms with Crippen LogP contribution in [0.5, 0.6) is 0 Å². The summed E-state index contributed by atoms with van der Waals surface area (Å²) in [5.74, 6) is 0. The Hall–Kier alpha value is -2.17. The lowest BCUT2D eigenvalue weighted by molar-refractivity contribution is 0.651. The van der Waals surface area contributed by atoms with Crippen LogP contribution in [-0.4, -0.2) is 15.0 Å². The largest absolute Gasteiger partial charge is 0.434 e. The summed E-state index contributed by atoms with van der Waals surface area (Å²) in [6.45, 7) is 0. The van der Waals surface area contributed by atoms with Crippen molar-refractivity contribution in [1.29, 1.82) is 0 Å². The molecule has 3 heterocycles. The van der Waals surface area contributed by atoms with Crippen LogP contribution in [0.15, 0.2) is 29.2 Å². The van der Waals surface area contributed by atoms with Crippen LogP contribution in [0, 0.1) is 0 Å². The topological polar surface area (TPSA) is 77.8 Å². The summed E-state index contributed by atoms with van der Waals surface area (Å²) >= 11 is 0. The summed E-state index contributed by atoms with van der Waals surface area (Å²) in [5, 5.41) is 0.822. The molecule has 0 unspecified atom stereocenters. The van der Waals surface area contributed by atoms with Crippen molar-refractivity contribution < 1.29 is 4.42 Å². The van der Waals surface area contributed by atoms with Crippen LogP contribution in [0.3, 0.4) is 0 Å². The smallest absolute Gasteiger partial charge is 0.229 e. The van der Waals surface area contributed by atoms with Gasteiger partial charge in [0.15, 0.2) is 5.58 Å². The number of nitrogens with two attached hydrogens (primary N) is 1. The molecule has 0 aliphatic rings. The Bertz CT molecular complexity index is 616. The third-order valence-corrected chi connectivity index (χ3v) is 2.01. The number of aromatic nitrogens is 3. The zero-order valence-electron chi connectivity index (χ0n) is 7.14. The molecule has 14 heavy (non-hydrogen) atoms. The molecule has 0 saturated carbocycles. The summed E-state index contributed by atoms with van der Waals surface area (Å²) in [7, 11) is 0. The van der Waals surface area contributed by atoms with E-state index in [9.17, 15) is 0 Å². The average Bonchev–Trinajstić information content (AvgIpc) is 2.56. The van der Waals surface area contributed by atoms with Gasteiger partial charge in [-0.05, 0) is 6.07 Å². The fourth-order valence-corrected chi connectivity index (χ4v) is 1.42. The first-order valence-electron chi connectivity index (χ1n) is 4.08. The molecule has 0 radical (unpaired) electrons. The van der Waals surface area contributed by atoms with Gasteiger partial charge in [-0.3, -0.25) is 0 Å². The van der Waals surface area contributed by atoms with Crippen LogP contribution in [0.1, 0.15) is 0 Å². The number of furan rings is 1. The molecule has 0 saturated heterocycles. The highest BCUT2D eigenvalue weighted by molar-refractivity contribution is 6.01. The first kappa shape index (κ1) is 7.25. The summed E-state index contributed by atoms with van der Waals surface area (Å²) < 4.78 is 5.42. The van der Waals surface area contributed by atoms with E-state index < -0.39 is 0 Å². The molecule has 0 aliphatic heterocycles. The van der Waals surface area contributed by atoms with Crippen LogP contribution >= 0.6 is 0 Å². The molecule has 0 fully saturated rings. The number of hydrogen-bond donors (Lipinski definition) is 1. The highest BCUT2D eigenvalue weighted by Gasteiger charge is 2.08. The molecule has 3 rings (SSSR count). The predicted molar refractivity (Wildman–Crippen MR) is 51.5 cm³/mol. The minimum atomic E-state index is 0.537. The molecule has 3 aromatic rings. The molecule has 5 heteroatoms. The highest BCUT2D eigenvalue weighted by atomic mass is 16.3. The molecule has 68 valence electrons. The Balaban J connectivity index is 2.58. The van der Waals surface area contributed by atoms with Gasteiger partial charge in [0.25, 0.3) is 0 Å². The minimum Gasteiger partial charge on any atom is -0.434 e. The zero-order chi connectivity index (χ0) is 9.54. The van der Waals surface area contributed by atoms with E-state index in [1.807, 2.05) is 0 Å². The number of nitrogen functional groups attached to an aromatic ring is 1. The summed E-state index contributed by atoms with van der Waals surface area (Å²) in [5.41, 5.74) is 8.13. The van der Waals surface area contributed by atoms with E-state index in [0.29, 0.717) is 17.0 Å². The van der Waals surface area contributed by atoms with Crippen LogP contribution in [-0.2, 0) is 0 Å². The number of fused-ring (bicyclic) bond motifs is 3. The Kier molecular flexibility index (Phi) is 1.25. The Morgan fingerprint density at radius 2 is 2.14 bits per heavy atom. The van der Waals surface area contributed by atoms with Gasteiger partial charge in [0.05, 0.1) is 23.5 Å². The molecular formula is C9H6N4O. The number of rotatable bonds is 0. The number of hydrogen-bond acceptors (Lipinski definition) is 5. The average molecular weight is 186 g/mol. The van der Waals surface area contributed by atoms with Crippen molar-refractivity contribution in [1.82, 2.24) is 15.0 Å². The third kappa shape index (κ3) is 0.861. The Morgan fingerprint density at radius 1 is 1.21 bits per heavy atom. The lowest BCUT2D eigenvalue weighted by Gasteiger charge is -1.89. The van der Waals surface area contributed by atoms with Gasteiger partial charge in [0, 0.05) is 0 Å². The van der Waals surface area contributed by atoms with E-state index in [1.54, 1.807) is 18.5 Å². The van der Waals surface area contributed by atoms with E-state index in [-0.39, 0.29) is 0 Å². The maximum atomic E-state index is 5.63. The maximum Gasteiger partial charge on any atom is 0.229 e. The normalized spacial score (nSPS) is 11.1. The zero-order valence-corrected chi connectivity index (χ0v) is 7.14. The predicted octanol–water partition coefficient (Wildman–Crippen LogP) is 1.35. The van der Waals surface area contributed by atoms with E-state index >= 15 is 0 Å². The second-order valence-corrected chi connectivity index (χ2v) is 2.96. The number of nitrogens with zero attached hydrogens (tertiary/aromatic N) is 3. The summed E-state index contributed by atoms with van der Waals surface area (Å²) in [6, 6.07) is 1.79. The number of pyridine rings is 1. The van der Waals surface area contributed by atoms with Gasteiger partial charge in [0.2, 0.25) is 5.71 Å². The van der Waals surface area contributed by atoms with Crippen molar-refractivity contribution >= 4 is 27.9 Å². The molecule has 0 aromatic carbocycles. The minimum absolute atomic E-state index is 0.537. The molecular weight excluding hydrogens is 180 g/mol. The second-order valence-electron chi connectivity index (χ2n) is 2.96. The van der Waals surface area contributed by atoms with Crippen molar-refractivity contribution in [2.45, 2.75) is 0 Å². The van der Waals surface area contributed by atoms with Gasteiger partial charge >= 0.3 is 0 Å². The van der Waals surface area contributed by atoms with Crippen molar-refractivity contribution in [3.63, 3.8) is 0 Å². The first-order chi connectivity index (χ1) is 6.84. The van der Waals surface area contributed by atoms with Gasteiger partial charge in [0.1, 0.15) is 11.8 Å². The van der Waals surface area contributed by atoms with E-state index in [2.05, 4.69) is 15.0 Å². The van der Waals surface area contributed by atoms with E-state index in [0.717, 1.165) is 10.9 Å². The summed E-state index contributed by atoms with van der Waals surface area (Å²) in [4.78, 5) is 12.0. The van der Waals surface area contributed by atoms with Crippen LogP contribution in [0.4, 0.5) is 5.69 Å². The summed E-state index contributed by atoms with van der Waals surface area (Å²) in [6.07, 6.45) is 4.64. The van der Waals surface area contributed by atoms with Crippen LogP contribution in [0.25, 0.3) is 22.2 Å². The van der Waals surface area contributed by atoms with Gasteiger partial charge in [-0.15, -0.1) is 0 Å². The molecule has 0 bridgehead atoms. The molecule has 2 N–H and O–H groups in total.